The fraction of sp³-hybridized carbons (Fsp3) is 0.350. The molecule has 0 bridgehead atoms. The number of aryl methyl sites for hydroxylation is 2. The molecule has 2 aromatic heterocycles. The van der Waals surface area contributed by atoms with Gasteiger partial charge in [0, 0.05) is 28.5 Å². The van der Waals surface area contributed by atoms with E-state index in [1.54, 1.807) is 20.6 Å². The lowest BCUT2D eigenvalue weighted by Crippen LogP contribution is -2.39. The zero-order valence-corrected chi connectivity index (χ0v) is 15.4. The van der Waals surface area contributed by atoms with Gasteiger partial charge in [-0.05, 0) is 50.7 Å². The van der Waals surface area contributed by atoms with Crippen molar-refractivity contribution in [2.45, 2.75) is 45.1 Å². The highest BCUT2D eigenvalue weighted by molar-refractivity contribution is 7.17. The number of aromatic nitrogens is 2. The molecule has 0 unspecified atom stereocenters. The molecule has 5 nitrogen and oxygen atoms in total. The van der Waals surface area contributed by atoms with Crippen LogP contribution in [-0.4, -0.2) is 21.3 Å². The van der Waals surface area contributed by atoms with Gasteiger partial charge in [-0.3, -0.25) is 14.0 Å². The maximum atomic E-state index is 13.3. The van der Waals surface area contributed by atoms with Gasteiger partial charge >= 0.3 is 0 Å². The van der Waals surface area contributed by atoms with Gasteiger partial charge in [0.25, 0.3) is 11.5 Å². The van der Waals surface area contributed by atoms with Crippen LogP contribution in [0.5, 0.6) is 0 Å². The molecule has 3 heterocycles. The first-order valence-electron chi connectivity index (χ1n) is 9.09. The summed E-state index contributed by atoms with van der Waals surface area (Å²) in [6, 6.07) is 7.95. The molecule has 1 aliphatic carbocycles. The number of nitrogens with zero attached hydrogens (tertiary/aromatic N) is 3. The third kappa shape index (κ3) is 2.18. The van der Waals surface area contributed by atoms with E-state index in [0.29, 0.717) is 4.96 Å². The zero-order valence-electron chi connectivity index (χ0n) is 14.6. The average Bonchev–Trinajstić information content (AvgIpc) is 3.18. The smallest absolute Gasteiger partial charge is 0.271 e. The minimum absolute atomic E-state index is 0.0383. The molecule has 6 heteroatoms. The van der Waals surface area contributed by atoms with E-state index in [1.807, 2.05) is 31.2 Å². The molecular formula is C20H19N3O2S. The number of benzene rings is 1. The van der Waals surface area contributed by atoms with E-state index in [-0.39, 0.29) is 23.1 Å². The number of hydrogen-bond acceptors (Lipinski definition) is 4. The van der Waals surface area contributed by atoms with Crippen LogP contribution in [0.4, 0.5) is 5.69 Å². The second-order valence-corrected chi connectivity index (χ2v) is 8.19. The predicted octanol–water partition coefficient (Wildman–Crippen LogP) is 3.23. The number of anilines is 1. The molecule has 2 aliphatic rings. The van der Waals surface area contributed by atoms with Crippen LogP contribution < -0.4 is 10.5 Å². The number of amides is 1. The standard InChI is InChI=1S/C20H19N3O2S/c1-12-10-13-6-2-3-7-15(13)22(12)18(24)14-11-21-20-23(19(14)25)16-8-4-5-9-17(16)26-20/h2-3,6-7,11-12H,4-5,8-10H2,1H3/t12-/m1/s1. The second kappa shape index (κ2) is 5.77. The Kier molecular flexibility index (Phi) is 3.50. The number of rotatable bonds is 1. The van der Waals surface area contributed by atoms with E-state index >= 15 is 0 Å². The Morgan fingerprint density at radius 2 is 2.04 bits per heavy atom. The van der Waals surface area contributed by atoms with Crippen molar-refractivity contribution < 1.29 is 4.79 Å². The average molecular weight is 365 g/mol. The molecule has 0 fully saturated rings. The van der Waals surface area contributed by atoms with Crippen LogP contribution in [-0.2, 0) is 19.3 Å². The van der Waals surface area contributed by atoms with Gasteiger partial charge in [-0.15, -0.1) is 11.3 Å². The normalized spacial score (nSPS) is 18.8. The van der Waals surface area contributed by atoms with Crippen molar-refractivity contribution in [2.75, 3.05) is 4.90 Å². The molecule has 0 N–H and O–H groups in total. The number of para-hydroxylation sites is 1. The van der Waals surface area contributed by atoms with E-state index in [0.717, 1.165) is 49.0 Å². The van der Waals surface area contributed by atoms with Gasteiger partial charge < -0.3 is 4.90 Å². The van der Waals surface area contributed by atoms with E-state index in [4.69, 9.17) is 0 Å². The highest BCUT2D eigenvalue weighted by Gasteiger charge is 2.33. The quantitative estimate of drug-likeness (QED) is 0.665. The fourth-order valence-corrected chi connectivity index (χ4v) is 5.39. The topological polar surface area (TPSA) is 54.7 Å². The first kappa shape index (κ1) is 15.8. The van der Waals surface area contributed by atoms with Gasteiger partial charge in [-0.1, -0.05) is 18.2 Å². The summed E-state index contributed by atoms with van der Waals surface area (Å²) in [6.07, 6.45) is 6.41. The van der Waals surface area contributed by atoms with Crippen LogP contribution in [0.25, 0.3) is 4.96 Å². The summed E-state index contributed by atoms with van der Waals surface area (Å²) in [6.45, 7) is 2.02. The lowest BCUT2D eigenvalue weighted by molar-refractivity contribution is 0.0979. The monoisotopic (exact) mass is 365 g/mol. The Balaban J connectivity index is 1.65. The minimum atomic E-state index is -0.245. The molecule has 1 amide bonds. The fourth-order valence-electron chi connectivity index (χ4n) is 4.22. The Morgan fingerprint density at radius 1 is 1.23 bits per heavy atom. The lowest BCUT2D eigenvalue weighted by atomic mass is 10.0. The van der Waals surface area contributed by atoms with Crippen LogP contribution in [0.15, 0.2) is 35.3 Å². The molecule has 0 saturated heterocycles. The van der Waals surface area contributed by atoms with Crippen molar-refractivity contribution >= 4 is 27.9 Å². The van der Waals surface area contributed by atoms with Crippen molar-refractivity contribution in [2.24, 2.45) is 0 Å². The molecule has 0 radical (unpaired) electrons. The van der Waals surface area contributed by atoms with Crippen LogP contribution in [0.2, 0.25) is 0 Å². The second-order valence-electron chi connectivity index (χ2n) is 7.13. The summed E-state index contributed by atoms with van der Waals surface area (Å²) in [5, 5.41) is 0. The maximum Gasteiger partial charge on any atom is 0.271 e. The van der Waals surface area contributed by atoms with Gasteiger partial charge in [0.05, 0.1) is 0 Å². The van der Waals surface area contributed by atoms with Crippen molar-refractivity contribution in [1.82, 2.24) is 9.38 Å². The molecule has 1 aromatic carbocycles. The third-order valence-corrected chi connectivity index (χ3v) is 6.62. The maximum absolute atomic E-state index is 13.3. The molecular weight excluding hydrogens is 346 g/mol. The summed E-state index contributed by atoms with van der Waals surface area (Å²) in [4.78, 5) is 34.6. The van der Waals surface area contributed by atoms with Crippen molar-refractivity contribution in [3.8, 4) is 0 Å². The van der Waals surface area contributed by atoms with Crippen LogP contribution in [0.1, 0.15) is 46.3 Å². The molecule has 0 spiro atoms. The molecule has 132 valence electrons. The predicted molar refractivity (Wildman–Crippen MR) is 102 cm³/mol. The SMILES string of the molecule is C[C@@H]1Cc2ccccc2N1C(=O)c1cnc2sc3c(n2c1=O)CCCC3. The summed E-state index contributed by atoms with van der Waals surface area (Å²) < 4.78 is 1.68. The number of carbonyl (C=O) groups excluding carboxylic acids is 1. The Labute approximate surface area is 154 Å². The van der Waals surface area contributed by atoms with Gasteiger partial charge in [0.2, 0.25) is 0 Å². The molecule has 1 aliphatic heterocycles. The van der Waals surface area contributed by atoms with E-state index < -0.39 is 0 Å². The van der Waals surface area contributed by atoms with Crippen LogP contribution in [0.3, 0.4) is 0 Å². The van der Waals surface area contributed by atoms with Crippen molar-refractivity contribution in [3.63, 3.8) is 0 Å². The molecule has 1 atom stereocenters. The highest BCUT2D eigenvalue weighted by Crippen LogP contribution is 2.33. The molecule has 26 heavy (non-hydrogen) atoms. The highest BCUT2D eigenvalue weighted by atomic mass is 32.1. The number of carbonyl (C=O) groups is 1. The molecule has 3 aromatic rings. The summed E-state index contributed by atoms with van der Waals surface area (Å²) >= 11 is 1.58. The molecule has 0 saturated carbocycles. The molecule has 5 rings (SSSR count). The van der Waals surface area contributed by atoms with E-state index in [9.17, 15) is 9.59 Å². The summed E-state index contributed by atoms with van der Waals surface area (Å²) in [5.74, 6) is -0.245. The van der Waals surface area contributed by atoms with Crippen LogP contribution in [0, 0.1) is 0 Å². The van der Waals surface area contributed by atoms with E-state index in [1.165, 1.54) is 11.1 Å². The number of hydrogen-bond donors (Lipinski definition) is 0. The van der Waals surface area contributed by atoms with Crippen molar-refractivity contribution in [3.05, 3.63) is 62.5 Å². The van der Waals surface area contributed by atoms with Gasteiger partial charge in [0.15, 0.2) is 4.96 Å². The zero-order chi connectivity index (χ0) is 17.8. The van der Waals surface area contributed by atoms with Gasteiger partial charge in [0.1, 0.15) is 5.56 Å². The van der Waals surface area contributed by atoms with Gasteiger partial charge in [-0.2, -0.15) is 0 Å². The minimum Gasteiger partial charge on any atom is -0.305 e. The van der Waals surface area contributed by atoms with Crippen LogP contribution >= 0.6 is 11.3 Å². The Bertz CT molecular complexity index is 1100. The lowest BCUT2D eigenvalue weighted by Gasteiger charge is -2.22. The summed E-state index contributed by atoms with van der Waals surface area (Å²) in [5.41, 5.74) is 3.05. The summed E-state index contributed by atoms with van der Waals surface area (Å²) in [7, 11) is 0. The van der Waals surface area contributed by atoms with E-state index in [2.05, 4.69) is 4.98 Å². The number of thiazole rings is 1. The Hall–Kier alpha value is -2.47. The first-order chi connectivity index (χ1) is 12.6. The Morgan fingerprint density at radius 3 is 2.92 bits per heavy atom. The third-order valence-electron chi connectivity index (χ3n) is 5.46. The first-order valence-corrected chi connectivity index (χ1v) is 9.90. The number of fused-ring (bicyclic) bond motifs is 4. The van der Waals surface area contributed by atoms with Gasteiger partial charge in [-0.25, -0.2) is 4.98 Å². The van der Waals surface area contributed by atoms with Crippen molar-refractivity contribution in [1.29, 1.82) is 0 Å². The largest absolute Gasteiger partial charge is 0.305 e.